The molecule has 0 radical (unpaired) electrons. The summed E-state index contributed by atoms with van der Waals surface area (Å²) in [6.45, 7) is 2.16. The number of halogens is 1. The lowest BCUT2D eigenvalue weighted by molar-refractivity contribution is 0.415. The van der Waals surface area contributed by atoms with Crippen LogP contribution in [0.2, 0.25) is 0 Å². The van der Waals surface area contributed by atoms with E-state index in [-0.39, 0.29) is 0 Å². The molecule has 1 N–H and O–H groups in total. The molecule has 3 nitrogen and oxygen atoms in total. The van der Waals surface area contributed by atoms with Crippen molar-refractivity contribution in [2.24, 2.45) is 0 Å². The van der Waals surface area contributed by atoms with Crippen LogP contribution in [0.1, 0.15) is 19.1 Å². The Morgan fingerprint density at radius 1 is 1.37 bits per heavy atom. The van der Waals surface area contributed by atoms with E-state index in [4.69, 9.17) is 9.15 Å². The largest absolute Gasteiger partial charge is 0.497 e. The molecule has 0 saturated carbocycles. The fraction of sp³-hybridized carbons (Fsp3) is 0.333. The minimum Gasteiger partial charge on any atom is -0.497 e. The normalized spacial score (nSPS) is 12.2. The van der Waals surface area contributed by atoms with Crippen LogP contribution in [-0.2, 0) is 6.42 Å². The Morgan fingerprint density at radius 2 is 2.21 bits per heavy atom. The van der Waals surface area contributed by atoms with E-state index in [1.165, 1.54) is 0 Å². The highest BCUT2D eigenvalue weighted by Crippen LogP contribution is 2.28. The molecule has 4 heteroatoms. The zero-order valence-corrected chi connectivity index (χ0v) is 12.7. The number of methoxy groups -OCH3 is 1. The first-order valence-electron chi connectivity index (χ1n) is 6.31. The number of ether oxygens (including phenoxy) is 1. The van der Waals surface area contributed by atoms with Crippen LogP contribution in [0, 0.1) is 0 Å². The smallest absolute Gasteiger partial charge is 0.121 e. The molecule has 1 aromatic heterocycles. The molecule has 0 saturated heterocycles. The first-order chi connectivity index (χ1) is 9.19. The van der Waals surface area contributed by atoms with Gasteiger partial charge in [0.25, 0.3) is 0 Å². The summed E-state index contributed by atoms with van der Waals surface area (Å²) in [6.07, 6.45) is 3.66. The molecule has 1 aromatic carbocycles. The maximum absolute atomic E-state index is 5.34. The van der Waals surface area contributed by atoms with Crippen LogP contribution in [0.3, 0.4) is 0 Å². The number of furan rings is 1. The van der Waals surface area contributed by atoms with Gasteiger partial charge >= 0.3 is 0 Å². The van der Waals surface area contributed by atoms with Crippen LogP contribution in [0.25, 0.3) is 0 Å². The van der Waals surface area contributed by atoms with Crippen molar-refractivity contribution in [3.8, 4) is 5.75 Å². The third-order valence-electron chi connectivity index (χ3n) is 2.98. The minimum atomic E-state index is 0.355. The Balaban J connectivity index is 1.92. The molecule has 0 aliphatic carbocycles. The monoisotopic (exact) mass is 323 g/mol. The van der Waals surface area contributed by atoms with Gasteiger partial charge in [0, 0.05) is 23.0 Å². The number of rotatable bonds is 6. The SMILES string of the molecule is COc1ccc(Br)c(NC(C)CCc2ccco2)c1. The predicted octanol–water partition coefficient (Wildman–Crippen LogP) is 4.48. The zero-order valence-electron chi connectivity index (χ0n) is 11.2. The molecular formula is C15H18BrNO2. The van der Waals surface area contributed by atoms with Gasteiger partial charge in [-0.15, -0.1) is 0 Å². The zero-order chi connectivity index (χ0) is 13.7. The number of anilines is 1. The van der Waals surface area contributed by atoms with Crippen molar-refractivity contribution < 1.29 is 9.15 Å². The van der Waals surface area contributed by atoms with Gasteiger partial charge in [0.2, 0.25) is 0 Å². The highest BCUT2D eigenvalue weighted by Gasteiger charge is 2.07. The average Bonchev–Trinajstić information content (AvgIpc) is 2.92. The molecule has 0 amide bonds. The molecule has 2 aromatic rings. The van der Waals surface area contributed by atoms with Crippen LogP contribution in [-0.4, -0.2) is 13.2 Å². The van der Waals surface area contributed by atoms with Gasteiger partial charge in [-0.25, -0.2) is 0 Å². The summed E-state index contributed by atoms with van der Waals surface area (Å²) < 4.78 is 11.6. The molecule has 0 aliphatic rings. The summed E-state index contributed by atoms with van der Waals surface area (Å²) >= 11 is 3.54. The standard InChI is InChI=1S/C15H18BrNO2/c1-11(5-6-12-4-3-9-19-12)17-15-10-13(18-2)7-8-14(15)16/h3-4,7-11,17H,5-6H2,1-2H3. The number of benzene rings is 1. The van der Waals surface area contributed by atoms with Gasteiger partial charge in [-0.1, -0.05) is 0 Å². The van der Waals surface area contributed by atoms with Gasteiger partial charge < -0.3 is 14.5 Å². The fourth-order valence-corrected chi connectivity index (χ4v) is 2.25. The second-order valence-corrected chi connectivity index (χ2v) is 5.36. The van der Waals surface area contributed by atoms with Gasteiger partial charge in [0.05, 0.1) is 19.1 Å². The van der Waals surface area contributed by atoms with E-state index in [0.717, 1.165) is 34.5 Å². The Labute approximate surface area is 122 Å². The van der Waals surface area contributed by atoms with E-state index >= 15 is 0 Å². The van der Waals surface area contributed by atoms with Crippen LogP contribution in [0.4, 0.5) is 5.69 Å². The Kier molecular flexibility index (Phi) is 4.91. The maximum Gasteiger partial charge on any atom is 0.121 e. The van der Waals surface area contributed by atoms with Crippen LogP contribution in [0.15, 0.2) is 45.5 Å². The topological polar surface area (TPSA) is 34.4 Å². The van der Waals surface area contributed by atoms with Crippen LogP contribution < -0.4 is 10.1 Å². The second-order valence-electron chi connectivity index (χ2n) is 4.51. The molecule has 0 fully saturated rings. The Bertz CT molecular complexity index is 511. The summed E-state index contributed by atoms with van der Waals surface area (Å²) in [6, 6.07) is 10.2. The Hall–Kier alpha value is -1.42. The van der Waals surface area contributed by atoms with E-state index in [2.05, 4.69) is 28.2 Å². The third-order valence-corrected chi connectivity index (χ3v) is 3.67. The van der Waals surface area contributed by atoms with Gasteiger partial charge in [-0.2, -0.15) is 0 Å². The third kappa shape index (κ3) is 4.03. The van der Waals surface area contributed by atoms with Crippen molar-refractivity contribution in [1.29, 1.82) is 0 Å². The molecule has 0 spiro atoms. The summed E-state index contributed by atoms with van der Waals surface area (Å²) in [5.41, 5.74) is 1.05. The lowest BCUT2D eigenvalue weighted by atomic mass is 10.1. The van der Waals surface area contributed by atoms with Gasteiger partial charge in [0.1, 0.15) is 11.5 Å². The van der Waals surface area contributed by atoms with E-state index < -0.39 is 0 Å². The van der Waals surface area contributed by atoms with Gasteiger partial charge in [-0.05, 0) is 53.5 Å². The van der Waals surface area contributed by atoms with Gasteiger partial charge in [0.15, 0.2) is 0 Å². The molecular weight excluding hydrogens is 306 g/mol. The molecule has 19 heavy (non-hydrogen) atoms. The molecule has 102 valence electrons. The van der Waals surface area contributed by atoms with Crippen molar-refractivity contribution >= 4 is 21.6 Å². The molecule has 1 heterocycles. The van der Waals surface area contributed by atoms with E-state index in [9.17, 15) is 0 Å². The van der Waals surface area contributed by atoms with Crippen molar-refractivity contribution in [3.05, 3.63) is 46.8 Å². The van der Waals surface area contributed by atoms with Crippen LogP contribution >= 0.6 is 15.9 Å². The molecule has 0 bridgehead atoms. The van der Waals surface area contributed by atoms with Crippen molar-refractivity contribution in [3.63, 3.8) is 0 Å². The summed E-state index contributed by atoms with van der Waals surface area (Å²) in [7, 11) is 1.67. The average molecular weight is 324 g/mol. The minimum absolute atomic E-state index is 0.355. The fourth-order valence-electron chi connectivity index (χ4n) is 1.89. The highest BCUT2D eigenvalue weighted by atomic mass is 79.9. The number of hydrogen-bond donors (Lipinski definition) is 1. The first-order valence-corrected chi connectivity index (χ1v) is 7.11. The predicted molar refractivity (Wildman–Crippen MR) is 80.8 cm³/mol. The summed E-state index contributed by atoms with van der Waals surface area (Å²) in [4.78, 5) is 0. The molecule has 2 rings (SSSR count). The lowest BCUT2D eigenvalue weighted by Crippen LogP contribution is -2.16. The molecule has 1 atom stereocenters. The Morgan fingerprint density at radius 3 is 2.89 bits per heavy atom. The van der Waals surface area contributed by atoms with Crippen molar-refractivity contribution in [2.75, 3.05) is 12.4 Å². The summed E-state index contributed by atoms with van der Waals surface area (Å²) in [5.74, 6) is 1.88. The highest BCUT2D eigenvalue weighted by molar-refractivity contribution is 9.10. The first kappa shape index (κ1) is 14.0. The number of hydrogen-bond acceptors (Lipinski definition) is 3. The molecule has 1 unspecified atom stereocenters. The number of nitrogens with one attached hydrogen (secondary N) is 1. The molecule has 0 aliphatic heterocycles. The van der Waals surface area contributed by atoms with E-state index in [0.29, 0.717) is 6.04 Å². The van der Waals surface area contributed by atoms with E-state index in [1.807, 2.05) is 30.3 Å². The summed E-state index contributed by atoms with van der Waals surface area (Å²) in [5, 5.41) is 3.48. The maximum atomic E-state index is 5.34. The lowest BCUT2D eigenvalue weighted by Gasteiger charge is -2.16. The van der Waals surface area contributed by atoms with Crippen LogP contribution in [0.5, 0.6) is 5.75 Å². The second kappa shape index (κ2) is 6.66. The van der Waals surface area contributed by atoms with E-state index in [1.54, 1.807) is 13.4 Å². The quantitative estimate of drug-likeness (QED) is 0.850. The van der Waals surface area contributed by atoms with Crippen molar-refractivity contribution in [1.82, 2.24) is 0 Å². The van der Waals surface area contributed by atoms with Crippen molar-refractivity contribution in [2.45, 2.75) is 25.8 Å². The van der Waals surface area contributed by atoms with Gasteiger partial charge in [-0.3, -0.25) is 0 Å². The number of aryl methyl sites for hydroxylation is 1.